The second kappa shape index (κ2) is 9.09. The normalized spacial score (nSPS) is 11.5. The summed E-state index contributed by atoms with van der Waals surface area (Å²) >= 11 is 5.78. The second-order valence-corrected chi connectivity index (χ2v) is 5.29. The zero-order valence-electron chi connectivity index (χ0n) is 13.5. The number of halogens is 1. The third kappa shape index (κ3) is 5.52. The van der Waals surface area contributed by atoms with Crippen LogP contribution < -0.4 is 10.6 Å². The van der Waals surface area contributed by atoms with E-state index in [2.05, 4.69) is 37.7 Å². The molecule has 0 radical (unpaired) electrons. The Hall–Kier alpha value is -2.15. The monoisotopic (exact) mass is 335 g/mol. The van der Waals surface area contributed by atoms with Crippen molar-refractivity contribution >= 4 is 17.6 Å². The number of rotatable bonds is 7. The fraction of sp³-hybridized carbons (Fsp3) is 0.467. The van der Waals surface area contributed by atoms with Crippen molar-refractivity contribution in [3.8, 4) is 0 Å². The van der Waals surface area contributed by atoms with Crippen molar-refractivity contribution in [3.05, 3.63) is 41.2 Å². The summed E-state index contributed by atoms with van der Waals surface area (Å²) in [5, 5.41) is 15.0. The van der Waals surface area contributed by atoms with Crippen molar-refractivity contribution in [1.29, 1.82) is 0 Å². The van der Waals surface area contributed by atoms with Gasteiger partial charge < -0.3 is 15.2 Å². The van der Waals surface area contributed by atoms with Crippen LogP contribution in [0.3, 0.4) is 0 Å². The van der Waals surface area contributed by atoms with E-state index >= 15 is 0 Å². The van der Waals surface area contributed by atoms with Crippen molar-refractivity contribution in [2.75, 3.05) is 13.1 Å². The summed E-state index contributed by atoms with van der Waals surface area (Å²) in [5.74, 6) is 1.76. The van der Waals surface area contributed by atoms with E-state index in [1.54, 1.807) is 18.6 Å². The smallest absolute Gasteiger partial charge is 0.191 e. The zero-order chi connectivity index (χ0) is 16.5. The van der Waals surface area contributed by atoms with Crippen LogP contribution in [0.2, 0.25) is 5.15 Å². The number of nitrogens with zero attached hydrogens (tertiary/aromatic N) is 5. The molecular weight excluding hydrogens is 314 g/mol. The van der Waals surface area contributed by atoms with Crippen molar-refractivity contribution in [3.63, 3.8) is 0 Å². The fourth-order valence-electron chi connectivity index (χ4n) is 2.05. The Balaban J connectivity index is 1.87. The molecule has 0 aromatic carbocycles. The minimum Gasteiger partial charge on any atom is -0.357 e. The molecule has 0 fully saturated rings. The van der Waals surface area contributed by atoms with Crippen LogP contribution in [0.15, 0.2) is 29.6 Å². The Morgan fingerprint density at radius 1 is 1.30 bits per heavy atom. The Labute approximate surface area is 141 Å². The van der Waals surface area contributed by atoms with Gasteiger partial charge in [-0.15, -0.1) is 10.2 Å². The SMILES string of the molecule is CCNC(=NCc1ccc(Cl)nc1)NCCn1cnnc1CC. The molecule has 0 atom stereocenters. The number of aromatic nitrogens is 4. The van der Waals surface area contributed by atoms with Crippen LogP contribution in [-0.4, -0.2) is 38.8 Å². The summed E-state index contributed by atoms with van der Waals surface area (Å²) in [7, 11) is 0. The molecule has 124 valence electrons. The molecule has 0 saturated carbocycles. The van der Waals surface area contributed by atoms with Crippen LogP contribution in [0, 0.1) is 0 Å². The van der Waals surface area contributed by atoms with Crippen molar-refractivity contribution < 1.29 is 0 Å². The van der Waals surface area contributed by atoms with Gasteiger partial charge in [-0.25, -0.2) is 9.98 Å². The molecular formula is C15H22ClN7. The predicted octanol–water partition coefficient (Wildman–Crippen LogP) is 1.64. The number of guanidine groups is 1. The van der Waals surface area contributed by atoms with Crippen LogP contribution in [0.5, 0.6) is 0 Å². The second-order valence-electron chi connectivity index (χ2n) is 4.91. The maximum Gasteiger partial charge on any atom is 0.191 e. The highest BCUT2D eigenvalue weighted by atomic mass is 35.5. The predicted molar refractivity (Wildman–Crippen MR) is 91.5 cm³/mol. The van der Waals surface area contributed by atoms with Crippen LogP contribution in [0.1, 0.15) is 25.2 Å². The topological polar surface area (TPSA) is 80.0 Å². The molecule has 2 rings (SSSR count). The molecule has 0 amide bonds. The van der Waals surface area contributed by atoms with Gasteiger partial charge in [-0.05, 0) is 18.6 Å². The first kappa shape index (κ1) is 17.2. The standard InChI is InChI=1S/C15H22ClN7/c1-3-14-22-21-11-23(14)8-7-18-15(17-4-2)20-10-12-5-6-13(16)19-9-12/h5-6,9,11H,3-4,7-8,10H2,1-2H3,(H2,17,18,20). The lowest BCUT2D eigenvalue weighted by Gasteiger charge is -2.12. The third-order valence-corrected chi connectivity index (χ3v) is 3.43. The van der Waals surface area contributed by atoms with Crippen LogP contribution in [-0.2, 0) is 19.5 Å². The van der Waals surface area contributed by atoms with E-state index < -0.39 is 0 Å². The van der Waals surface area contributed by atoms with Gasteiger partial charge in [0.2, 0.25) is 0 Å². The van der Waals surface area contributed by atoms with E-state index in [0.29, 0.717) is 11.7 Å². The van der Waals surface area contributed by atoms with Gasteiger partial charge in [0.1, 0.15) is 17.3 Å². The first-order valence-electron chi connectivity index (χ1n) is 7.72. The van der Waals surface area contributed by atoms with Gasteiger partial charge in [-0.3, -0.25) is 0 Å². The lowest BCUT2D eigenvalue weighted by Crippen LogP contribution is -2.38. The van der Waals surface area contributed by atoms with Gasteiger partial charge in [0, 0.05) is 32.3 Å². The highest BCUT2D eigenvalue weighted by molar-refractivity contribution is 6.29. The average molecular weight is 336 g/mol. The molecule has 0 aliphatic rings. The quantitative estimate of drug-likeness (QED) is 0.457. The largest absolute Gasteiger partial charge is 0.357 e. The summed E-state index contributed by atoms with van der Waals surface area (Å²) in [6.07, 6.45) is 4.36. The Kier molecular flexibility index (Phi) is 6.80. The molecule has 2 aromatic heterocycles. The molecule has 0 aliphatic carbocycles. The Bertz CT molecular complexity index is 621. The van der Waals surface area contributed by atoms with Gasteiger partial charge in [-0.2, -0.15) is 0 Å². The number of aryl methyl sites for hydroxylation is 1. The molecule has 0 bridgehead atoms. The number of pyridine rings is 1. The van der Waals surface area contributed by atoms with E-state index in [0.717, 1.165) is 43.4 Å². The molecule has 0 saturated heterocycles. The van der Waals surface area contributed by atoms with Crippen LogP contribution >= 0.6 is 11.6 Å². The molecule has 7 nitrogen and oxygen atoms in total. The molecule has 0 spiro atoms. The molecule has 2 N–H and O–H groups in total. The number of aliphatic imine (C=N–C) groups is 1. The van der Waals surface area contributed by atoms with Gasteiger partial charge in [0.05, 0.1) is 6.54 Å². The number of hydrogen-bond donors (Lipinski definition) is 2. The fourth-order valence-corrected chi connectivity index (χ4v) is 2.16. The average Bonchev–Trinajstić information content (AvgIpc) is 3.01. The summed E-state index contributed by atoms with van der Waals surface area (Å²) < 4.78 is 2.04. The highest BCUT2D eigenvalue weighted by Crippen LogP contribution is 2.06. The summed E-state index contributed by atoms with van der Waals surface area (Å²) in [5.41, 5.74) is 1.01. The Morgan fingerprint density at radius 3 is 2.87 bits per heavy atom. The summed E-state index contributed by atoms with van der Waals surface area (Å²) in [6, 6.07) is 3.69. The minimum absolute atomic E-state index is 0.489. The molecule has 8 heteroatoms. The van der Waals surface area contributed by atoms with Crippen molar-refractivity contribution in [2.45, 2.75) is 33.4 Å². The Morgan fingerprint density at radius 2 is 2.17 bits per heavy atom. The third-order valence-electron chi connectivity index (χ3n) is 3.21. The minimum atomic E-state index is 0.489. The van der Waals surface area contributed by atoms with Crippen LogP contribution in [0.25, 0.3) is 0 Å². The molecule has 23 heavy (non-hydrogen) atoms. The zero-order valence-corrected chi connectivity index (χ0v) is 14.2. The van der Waals surface area contributed by atoms with E-state index in [1.807, 2.05) is 17.6 Å². The molecule has 0 aliphatic heterocycles. The molecule has 0 unspecified atom stereocenters. The summed E-state index contributed by atoms with van der Waals surface area (Å²) in [4.78, 5) is 8.60. The van der Waals surface area contributed by atoms with E-state index in [1.165, 1.54) is 0 Å². The van der Waals surface area contributed by atoms with Gasteiger partial charge in [0.25, 0.3) is 0 Å². The van der Waals surface area contributed by atoms with Crippen molar-refractivity contribution in [1.82, 2.24) is 30.4 Å². The maximum atomic E-state index is 5.78. The first-order chi connectivity index (χ1) is 11.2. The van der Waals surface area contributed by atoms with Crippen molar-refractivity contribution in [2.24, 2.45) is 4.99 Å². The molecule has 2 aromatic rings. The maximum absolute atomic E-state index is 5.78. The lowest BCUT2D eigenvalue weighted by molar-refractivity contribution is 0.632. The van der Waals surface area contributed by atoms with E-state index in [-0.39, 0.29) is 0 Å². The van der Waals surface area contributed by atoms with Gasteiger partial charge in [0.15, 0.2) is 5.96 Å². The number of hydrogen-bond acceptors (Lipinski definition) is 4. The first-order valence-corrected chi connectivity index (χ1v) is 8.10. The van der Waals surface area contributed by atoms with Gasteiger partial charge >= 0.3 is 0 Å². The van der Waals surface area contributed by atoms with Gasteiger partial charge in [-0.1, -0.05) is 24.6 Å². The van der Waals surface area contributed by atoms with E-state index in [4.69, 9.17) is 11.6 Å². The highest BCUT2D eigenvalue weighted by Gasteiger charge is 2.02. The summed E-state index contributed by atoms with van der Waals surface area (Å²) in [6.45, 7) is 7.00. The lowest BCUT2D eigenvalue weighted by atomic mass is 10.3. The van der Waals surface area contributed by atoms with Crippen LogP contribution in [0.4, 0.5) is 0 Å². The van der Waals surface area contributed by atoms with E-state index in [9.17, 15) is 0 Å². The molecule has 2 heterocycles. The number of nitrogens with one attached hydrogen (secondary N) is 2.